The Balaban J connectivity index is 2.51. The molecule has 1 aromatic rings. The van der Waals surface area contributed by atoms with Crippen molar-refractivity contribution < 1.29 is 5.11 Å². The van der Waals surface area contributed by atoms with Crippen LogP contribution in [0, 0.1) is 0 Å². The van der Waals surface area contributed by atoms with Gasteiger partial charge in [0.1, 0.15) is 12.1 Å². The fourth-order valence-electron chi connectivity index (χ4n) is 0.674. The number of rotatable bonds is 3. The molecule has 0 aliphatic heterocycles. The van der Waals surface area contributed by atoms with Crippen LogP contribution in [0.3, 0.4) is 0 Å². The summed E-state index contributed by atoms with van der Waals surface area (Å²) in [6, 6.07) is 1.79. The summed E-state index contributed by atoms with van der Waals surface area (Å²) in [4.78, 5) is 7.70. The van der Waals surface area contributed by atoms with E-state index >= 15 is 0 Å². The van der Waals surface area contributed by atoms with Gasteiger partial charge in [-0.15, -0.1) is 0 Å². The Morgan fingerprint density at radius 2 is 2.55 bits per heavy atom. The van der Waals surface area contributed by atoms with Crippen molar-refractivity contribution >= 4 is 5.82 Å². The maximum absolute atomic E-state index is 8.69. The number of hydrogen-bond acceptors (Lipinski definition) is 4. The van der Waals surface area contributed by atoms with Crippen molar-refractivity contribution in [3.63, 3.8) is 0 Å². The Kier molecular flexibility index (Phi) is 2.80. The second kappa shape index (κ2) is 3.88. The van der Waals surface area contributed by atoms with Crippen LogP contribution in [-0.4, -0.2) is 27.7 Å². The fraction of sp³-hybridized carbons (Fsp3) is 0.429. The minimum Gasteiger partial charge on any atom is -0.394 e. The molecule has 0 amide bonds. The fourth-order valence-corrected chi connectivity index (χ4v) is 0.674. The van der Waals surface area contributed by atoms with E-state index in [1.807, 2.05) is 6.92 Å². The highest BCUT2D eigenvalue weighted by molar-refractivity contribution is 5.32. The molecule has 0 fully saturated rings. The Morgan fingerprint density at radius 1 is 1.73 bits per heavy atom. The standard InChI is InChI=1S/C7H11N3O/c1-6(4-11)10-7-2-3-8-5-9-7/h2-3,5-6,11H,4H2,1H3,(H,8,9,10). The van der Waals surface area contributed by atoms with Gasteiger partial charge in [0.2, 0.25) is 0 Å². The number of nitrogens with one attached hydrogen (secondary N) is 1. The van der Waals surface area contributed by atoms with Gasteiger partial charge in [0.05, 0.1) is 6.61 Å². The first-order chi connectivity index (χ1) is 5.33. The highest BCUT2D eigenvalue weighted by Crippen LogP contribution is 1.99. The van der Waals surface area contributed by atoms with E-state index in [1.54, 1.807) is 12.3 Å². The zero-order valence-electron chi connectivity index (χ0n) is 6.36. The van der Waals surface area contributed by atoms with Crippen molar-refractivity contribution in [2.24, 2.45) is 0 Å². The van der Waals surface area contributed by atoms with Crippen LogP contribution in [0.4, 0.5) is 5.82 Å². The quantitative estimate of drug-likeness (QED) is 0.654. The first kappa shape index (κ1) is 7.94. The molecule has 0 aliphatic carbocycles. The van der Waals surface area contributed by atoms with Crippen molar-refractivity contribution in [2.45, 2.75) is 13.0 Å². The third-order valence-corrected chi connectivity index (χ3v) is 1.25. The first-order valence-electron chi connectivity index (χ1n) is 3.46. The van der Waals surface area contributed by atoms with E-state index in [2.05, 4.69) is 15.3 Å². The summed E-state index contributed by atoms with van der Waals surface area (Å²) in [5.74, 6) is 0.738. The van der Waals surface area contributed by atoms with Gasteiger partial charge in [-0.1, -0.05) is 0 Å². The van der Waals surface area contributed by atoms with Crippen molar-refractivity contribution in [3.05, 3.63) is 18.6 Å². The molecule has 0 radical (unpaired) electrons. The van der Waals surface area contributed by atoms with Gasteiger partial charge in [-0.3, -0.25) is 0 Å². The molecule has 60 valence electrons. The smallest absolute Gasteiger partial charge is 0.129 e. The van der Waals surface area contributed by atoms with Crippen LogP contribution in [0.2, 0.25) is 0 Å². The molecule has 11 heavy (non-hydrogen) atoms. The van der Waals surface area contributed by atoms with Crippen LogP contribution >= 0.6 is 0 Å². The van der Waals surface area contributed by atoms with Crippen LogP contribution in [0.5, 0.6) is 0 Å². The Bertz CT molecular complexity index is 202. The van der Waals surface area contributed by atoms with Crippen LogP contribution in [0.25, 0.3) is 0 Å². The Hall–Kier alpha value is -1.16. The SMILES string of the molecule is CC(CO)Nc1ccncn1. The lowest BCUT2D eigenvalue weighted by Gasteiger charge is -2.09. The lowest BCUT2D eigenvalue weighted by molar-refractivity contribution is 0.281. The van der Waals surface area contributed by atoms with Gasteiger partial charge in [-0.25, -0.2) is 9.97 Å². The molecule has 4 nitrogen and oxygen atoms in total. The molecule has 0 bridgehead atoms. The lowest BCUT2D eigenvalue weighted by atomic mass is 10.3. The molecule has 0 saturated heterocycles. The molecular weight excluding hydrogens is 142 g/mol. The van der Waals surface area contributed by atoms with Crippen LogP contribution in [0.1, 0.15) is 6.92 Å². The Morgan fingerprint density at radius 3 is 3.09 bits per heavy atom. The van der Waals surface area contributed by atoms with Gasteiger partial charge in [-0.05, 0) is 13.0 Å². The van der Waals surface area contributed by atoms with E-state index in [0.29, 0.717) is 0 Å². The summed E-state index contributed by atoms with van der Waals surface area (Å²) < 4.78 is 0. The molecule has 0 spiro atoms. The first-order valence-corrected chi connectivity index (χ1v) is 3.46. The average Bonchev–Trinajstić information content (AvgIpc) is 2.06. The highest BCUT2D eigenvalue weighted by atomic mass is 16.3. The molecule has 1 unspecified atom stereocenters. The van der Waals surface area contributed by atoms with Crippen molar-refractivity contribution in [2.75, 3.05) is 11.9 Å². The van der Waals surface area contributed by atoms with Gasteiger partial charge < -0.3 is 10.4 Å². The van der Waals surface area contributed by atoms with E-state index in [0.717, 1.165) is 5.82 Å². The largest absolute Gasteiger partial charge is 0.394 e. The molecule has 1 heterocycles. The summed E-state index contributed by atoms with van der Waals surface area (Å²) in [6.45, 7) is 1.98. The number of aromatic nitrogens is 2. The normalized spacial score (nSPS) is 12.5. The number of aliphatic hydroxyl groups is 1. The van der Waals surface area contributed by atoms with Crippen LogP contribution < -0.4 is 5.32 Å². The third-order valence-electron chi connectivity index (χ3n) is 1.25. The zero-order valence-corrected chi connectivity index (χ0v) is 6.36. The van der Waals surface area contributed by atoms with E-state index in [1.165, 1.54) is 6.33 Å². The molecule has 0 saturated carbocycles. The maximum atomic E-state index is 8.69. The molecule has 1 aromatic heterocycles. The Labute approximate surface area is 65.3 Å². The number of anilines is 1. The monoisotopic (exact) mass is 153 g/mol. The zero-order chi connectivity index (χ0) is 8.10. The molecule has 2 N–H and O–H groups in total. The molecular formula is C7H11N3O. The molecule has 4 heteroatoms. The summed E-state index contributed by atoms with van der Waals surface area (Å²) >= 11 is 0. The van der Waals surface area contributed by atoms with E-state index in [9.17, 15) is 0 Å². The van der Waals surface area contributed by atoms with Gasteiger partial charge >= 0.3 is 0 Å². The lowest BCUT2D eigenvalue weighted by Crippen LogP contribution is -2.19. The minimum absolute atomic E-state index is 0.0323. The average molecular weight is 153 g/mol. The predicted molar refractivity (Wildman–Crippen MR) is 42.2 cm³/mol. The summed E-state index contributed by atoms with van der Waals surface area (Å²) in [5, 5.41) is 11.7. The van der Waals surface area contributed by atoms with Gasteiger partial charge in [-0.2, -0.15) is 0 Å². The summed E-state index contributed by atoms with van der Waals surface area (Å²) in [5.41, 5.74) is 0. The second-order valence-corrected chi connectivity index (χ2v) is 2.32. The minimum atomic E-state index is 0.0323. The van der Waals surface area contributed by atoms with Crippen molar-refractivity contribution in [1.29, 1.82) is 0 Å². The predicted octanol–water partition coefficient (Wildman–Crippen LogP) is 0.269. The molecule has 0 aromatic carbocycles. The topological polar surface area (TPSA) is 58.0 Å². The molecule has 1 rings (SSSR count). The third kappa shape index (κ3) is 2.51. The number of aliphatic hydroxyl groups excluding tert-OH is 1. The van der Waals surface area contributed by atoms with Crippen molar-refractivity contribution in [1.82, 2.24) is 9.97 Å². The highest BCUT2D eigenvalue weighted by Gasteiger charge is 1.98. The van der Waals surface area contributed by atoms with E-state index in [-0.39, 0.29) is 12.6 Å². The van der Waals surface area contributed by atoms with E-state index < -0.39 is 0 Å². The number of nitrogens with zero attached hydrogens (tertiary/aromatic N) is 2. The summed E-state index contributed by atoms with van der Waals surface area (Å²) in [7, 11) is 0. The second-order valence-electron chi connectivity index (χ2n) is 2.32. The van der Waals surface area contributed by atoms with Crippen LogP contribution in [0.15, 0.2) is 18.6 Å². The van der Waals surface area contributed by atoms with E-state index in [4.69, 9.17) is 5.11 Å². The van der Waals surface area contributed by atoms with Crippen LogP contribution in [-0.2, 0) is 0 Å². The van der Waals surface area contributed by atoms with Gasteiger partial charge in [0, 0.05) is 12.2 Å². The molecule has 0 aliphatic rings. The maximum Gasteiger partial charge on any atom is 0.129 e. The van der Waals surface area contributed by atoms with Crippen molar-refractivity contribution in [3.8, 4) is 0 Å². The van der Waals surface area contributed by atoms with Gasteiger partial charge in [0.15, 0.2) is 0 Å². The molecule has 1 atom stereocenters. The summed E-state index contributed by atoms with van der Waals surface area (Å²) in [6.07, 6.45) is 3.12. The number of hydrogen-bond donors (Lipinski definition) is 2. The van der Waals surface area contributed by atoms with Gasteiger partial charge in [0.25, 0.3) is 0 Å².